The van der Waals surface area contributed by atoms with Gasteiger partial charge < -0.3 is 15.0 Å². The topological polar surface area (TPSA) is 71.5 Å². The summed E-state index contributed by atoms with van der Waals surface area (Å²) in [5, 5.41) is 4.87. The van der Waals surface area contributed by atoms with Crippen molar-refractivity contribution in [1.29, 1.82) is 0 Å². The van der Waals surface area contributed by atoms with Crippen LogP contribution in [-0.4, -0.2) is 40.9 Å². The first kappa shape index (κ1) is 18.0. The molecule has 1 saturated heterocycles. The molecule has 142 valence electrons. The number of pyridine rings is 1. The standard InChI is InChI=1S/C20H23N3O3S/c24-19(12-17-2-1-11-27-17)23-9-7-16(8-10-23)26-18-6-5-15(13-21-18)22-20(25)14-3-4-14/h1-2,5-6,11,13-14,16H,3-4,7-10,12H2,(H,22,25). The highest BCUT2D eigenvalue weighted by Gasteiger charge is 2.29. The number of likely N-dealkylation sites (tertiary alicyclic amines) is 1. The van der Waals surface area contributed by atoms with Crippen LogP contribution in [0.2, 0.25) is 0 Å². The van der Waals surface area contributed by atoms with Crippen LogP contribution in [0.3, 0.4) is 0 Å². The summed E-state index contributed by atoms with van der Waals surface area (Å²) in [6.45, 7) is 1.43. The van der Waals surface area contributed by atoms with Crippen molar-refractivity contribution in [3.05, 3.63) is 40.7 Å². The van der Waals surface area contributed by atoms with Crippen molar-refractivity contribution in [3.63, 3.8) is 0 Å². The Hall–Kier alpha value is -2.41. The van der Waals surface area contributed by atoms with Gasteiger partial charge in [0.05, 0.1) is 18.3 Å². The number of carbonyl (C=O) groups excluding carboxylic acids is 2. The predicted octanol–water partition coefficient (Wildman–Crippen LogP) is 3.10. The molecular weight excluding hydrogens is 362 g/mol. The van der Waals surface area contributed by atoms with E-state index in [1.165, 1.54) is 0 Å². The molecule has 0 atom stereocenters. The van der Waals surface area contributed by atoms with E-state index in [0.717, 1.165) is 30.6 Å². The fourth-order valence-corrected chi connectivity index (χ4v) is 3.88. The van der Waals surface area contributed by atoms with Gasteiger partial charge in [-0.2, -0.15) is 0 Å². The number of nitrogens with zero attached hydrogens (tertiary/aromatic N) is 2. The summed E-state index contributed by atoms with van der Waals surface area (Å²) in [7, 11) is 0. The largest absolute Gasteiger partial charge is 0.474 e. The monoisotopic (exact) mass is 385 g/mol. The van der Waals surface area contributed by atoms with Crippen LogP contribution >= 0.6 is 11.3 Å². The van der Waals surface area contributed by atoms with Crippen LogP contribution in [-0.2, 0) is 16.0 Å². The zero-order valence-corrected chi connectivity index (χ0v) is 15.9. The first-order valence-corrected chi connectivity index (χ1v) is 10.3. The fraction of sp³-hybridized carbons (Fsp3) is 0.450. The number of thiophene rings is 1. The molecule has 2 aliphatic rings. The number of rotatable bonds is 6. The number of piperidine rings is 1. The Morgan fingerprint density at radius 2 is 2.00 bits per heavy atom. The summed E-state index contributed by atoms with van der Waals surface area (Å²) in [4.78, 5) is 31.4. The third-order valence-corrected chi connectivity index (χ3v) is 5.82. The summed E-state index contributed by atoms with van der Waals surface area (Å²) in [6, 6.07) is 7.59. The first-order chi connectivity index (χ1) is 13.2. The molecule has 7 heteroatoms. The van der Waals surface area contributed by atoms with E-state index in [4.69, 9.17) is 4.74 Å². The second-order valence-corrected chi connectivity index (χ2v) is 8.14. The molecule has 0 aromatic carbocycles. The molecule has 1 saturated carbocycles. The molecule has 1 aliphatic heterocycles. The lowest BCUT2D eigenvalue weighted by Crippen LogP contribution is -2.42. The van der Waals surface area contributed by atoms with Gasteiger partial charge in [0.2, 0.25) is 17.7 Å². The average Bonchev–Trinajstić information content (AvgIpc) is 3.42. The highest BCUT2D eigenvalue weighted by molar-refractivity contribution is 7.10. The van der Waals surface area contributed by atoms with E-state index in [2.05, 4.69) is 10.3 Å². The molecule has 4 rings (SSSR count). The normalized spacial score (nSPS) is 17.6. The van der Waals surface area contributed by atoms with E-state index < -0.39 is 0 Å². The van der Waals surface area contributed by atoms with E-state index in [9.17, 15) is 9.59 Å². The van der Waals surface area contributed by atoms with Crippen LogP contribution in [0.4, 0.5) is 5.69 Å². The van der Waals surface area contributed by atoms with E-state index in [0.29, 0.717) is 31.1 Å². The molecule has 2 aromatic rings. The van der Waals surface area contributed by atoms with Gasteiger partial charge in [-0.1, -0.05) is 6.07 Å². The summed E-state index contributed by atoms with van der Waals surface area (Å²) < 4.78 is 5.95. The Morgan fingerprint density at radius 1 is 1.19 bits per heavy atom. The van der Waals surface area contributed by atoms with Crippen LogP contribution < -0.4 is 10.1 Å². The number of carbonyl (C=O) groups is 2. The Morgan fingerprint density at radius 3 is 2.63 bits per heavy atom. The van der Waals surface area contributed by atoms with Crippen molar-refractivity contribution in [2.24, 2.45) is 5.92 Å². The van der Waals surface area contributed by atoms with Gasteiger partial charge in [0.15, 0.2) is 0 Å². The molecule has 27 heavy (non-hydrogen) atoms. The van der Waals surface area contributed by atoms with Gasteiger partial charge >= 0.3 is 0 Å². The zero-order chi connectivity index (χ0) is 18.6. The van der Waals surface area contributed by atoms with Gasteiger partial charge in [-0.05, 0) is 30.4 Å². The summed E-state index contributed by atoms with van der Waals surface area (Å²) >= 11 is 1.62. The highest BCUT2D eigenvalue weighted by atomic mass is 32.1. The summed E-state index contributed by atoms with van der Waals surface area (Å²) in [5.74, 6) is 0.992. The van der Waals surface area contributed by atoms with E-state index >= 15 is 0 Å². The van der Waals surface area contributed by atoms with E-state index in [1.54, 1.807) is 23.6 Å². The lowest BCUT2D eigenvalue weighted by Gasteiger charge is -2.32. The van der Waals surface area contributed by atoms with Crippen LogP contribution in [0.1, 0.15) is 30.6 Å². The number of aromatic nitrogens is 1. The SMILES string of the molecule is O=C(Nc1ccc(OC2CCN(C(=O)Cc3cccs3)CC2)nc1)C1CC1. The van der Waals surface area contributed by atoms with Gasteiger partial charge in [-0.15, -0.1) is 11.3 Å². The number of ether oxygens (including phenoxy) is 1. The smallest absolute Gasteiger partial charge is 0.227 e. The van der Waals surface area contributed by atoms with E-state index in [1.807, 2.05) is 28.5 Å². The van der Waals surface area contributed by atoms with Gasteiger partial charge in [-0.3, -0.25) is 9.59 Å². The Labute approximate surface area is 162 Å². The molecule has 3 heterocycles. The second-order valence-electron chi connectivity index (χ2n) is 7.10. The van der Waals surface area contributed by atoms with E-state index in [-0.39, 0.29) is 23.8 Å². The van der Waals surface area contributed by atoms with Crippen LogP contribution in [0.15, 0.2) is 35.8 Å². The minimum Gasteiger partial charge on any atom is -0.474 e. The number of hydrogen-bond acceptors (Lipinski definition) is 5. The predicted molar refractivity (Wildman–Crippen MR) is 104 cm³/mol. The highest BCUT2D eigenvalue weighted by Crippen LogP contribution is 2.30. The molecule has 0 unspecified atom stereocenters. The molecule has 1 aliphatic carbocycles. The van der Waals surface area contributed by atoms with Crippen molar-refractivity contribution >= 4 is 28.8 Å². The zero-order valence-electron chi connectivity index (χ0n) is 15.1. The van der Waals surface area contributed by atoms with Gasteiger partial charge in [-0.25, -0.2) is 4.98 Å². The first-order valence-electron chi connectivity index (χ1n) is 9.41. The molecule has 1 N–H and O–H groups in total. The third-order valence-electron chi connectivity index (χ3n) is 4.94. The number of amides is 2. The van der Waals surface area contributed by atoms with Crippen molar-refractivity contribution in [2.75, 3.05) is 18.4 Å². The van der Waals surface area contributed by atoms with Gasteiger partial charge in [0.1, 0.15) is 6.10 Å². The number of hydrogen-bond donors (Lipinski definition) is 1. The lowest BCUT2D eigenvalue weighted by molar-refractivity contribution is -0.132. The average molecular weight is 385 g/mol. The van der Waals surface area contributed by atoms with Crippen molar-refractivity contribution in [2.45, 2.75) is 38.2 Å². The third kappa shape index (κ3) is 4.86. The molecule has 0 bridgehead atoms. The second kappa shape index (κ2) is 8.08. The molecule has 2 aromatic heterocycles. The van der Waals surface area contributed by atoms with Crippen molar-refractivity contribution < 1.29 is 14.3 Å². The lowest BCUT2D eigenvalue weighted by atomic mass is 10.1. The van der Waals surface area contributed by atoms with Gasteiger partial charge in [0, 0.05) is 42.8 Å². The molecule has 0 spiro atoms. The molecule has 6 nitrogen and oxygen atoms in total. The minimum atomic E-state index is 0.0650. The fourth-order valence-electron chi connectivity index (χ4n) is 3.18. The molecule has 2 fully saturated rings. The quantitative estimate of drug-likeness (QED) is 0.829. The van der Waals surface area contributed by atoms with Crippen molar-refractivity contribution in [3.8, 4) is 5.88 Å². The minimum absolute atomic E-state index is 0.0650. The van der Waals surface area contributed by atoms with Crippen LogP contribution in [0.25, 0.3) is 0 Å². The van der Waals surface area contributed by atoms with Crippen molar-refractivity contribution in [1.82, 2.24) is 9.88 Å². The Balaban J connectivity index is 1.22. The van der Waals surface area contributed by atoms with Crippen LogP contribution in [0.5, 0.6) is 5.88 Å². The Kier molecular flexibility index (Phi) is 5.38. The maximum absolute atomic E-state index is 12.4. The molecular formula is C20H23N3O3S. The molecule has 2 amide bonds. The maximum Gasteiger partial charge on any atom is 0.227 e. The number of nitrogens with one attached hydrogen (secondary N) is 1. The number of anilines is 1. The Bertz CT molecular complexity index is 779. The summed E-state index contributed by atoms with van der Waals surface area (Å²) in [6.07, 6.45) is 5.75. The van der Waals surface area contributed by atoms with Crippen LogP contribution in [0, 0.1) is 5.92 Å². The molecule has 0 radical (unpaired) electrons. The van der Waals surface area contributed by atoms with Gasteiger partial charge in [0.25, 0.3) is 0 Å². The maximum atomic E-state index is 12.4. The summed E-state index contributed by atoms with van der Waals surface area (Å²) in [5.41, 5.74) is 0.702.